The number of allylic oxidation sites excluding steroid dienone is 1. The SMILES string of the molecule is CC.CSC1=CNNC=C1C. The molecule has 0 amide bonds. The van der Waals surface area contributed by atoms with E-state index >= 15 is 0 Å². The molecule has 0 spiro atoms. The molecular weight excluding hydrogens is 156 g/mol. The molecule has 0 bridgehead atoms. The number of hydrogen-bond acceptors (Lipinski definition) is 3. The third-order valence-electron chi connectivity index (χ3n) is 1.18. The van der Waals surface area contributed by atoms with E-state index in [1.54, 1.807) is 11.8 Å². The van der Waals surface area contributed by atoms with Crippen molar-refractivity contribution in [3.8, 4) is 0 Å². The van der Waals surface area contributed by atoms with Gasteiger partial charge in [-0.3, -0.25) is 0 Å². The zero-order valence-electron chi connectivity index (χ0n) is 7.56. The van der Waals surface area contributed by atoms with E-state index in [9.17, 15) is 0 Å². The van der Waals surface area contributed by atoms with Crippen molar-refractivity contribution in [1.29, 1.82) is 0 Å². The number of hydrogen-bond donors (Lipinski definition) is 2. The summed E-state index contributed by atoms with van der Waals surface area (Å²) in [5.74, 6) is 0. The fourth-order valence-electron chi connectivity index (χ4n) is 0.662. The molecule has 0 fully saturated rings. The minimum Gasteiger partial charge on any atom is -0.308 e. The minimum absolute atomic E-state index is 1.28. The van der Waals surface area contributed by atoms with Crippen LogP contribution in [0.5, 0.6) is 0 Å². The summed E-state index contributed by atoms with van der Waals surface area (Å²) in [7, 11) is 0. The maximum atomic E-state index is 2.91. The quantitative estimate of drug-likeness (QED) is 0.634. The zero-order valence-corrected chi connectivity index (χ0v) is 8.38. The monoisotopic (exact) mass is 172 g/mol. The van der Waals surface area contributed by atoms with Gasteiger partial charge < -0.3 is 10.9 Å². The van der Waals surface area contributed by atoms with E-state index in [4.69, 9.17) is 0 Å². The van der Waals surface area contributed by atoms with Gasteiger partial charge in [0, 0.05) is 17.3 Å². The topological polar surface area (TPSA) is 24.1 Å². The van der Waals surface area contributed by atoms with Crippen LogP contribution in [0.25, 0.3) is 0 Å². The van der Waals surface area contributed by atoms with Gasteiger partial charge in [-0.25, -0.2) is 0 Å². The predicted octanol–water partition coefficient (Wildman–Crippen LogP) is 2.23. The molecule has 11 heavy (non-hydrogen) atoms. The summed E-state index contributed by atoms with van der Waals surface area (Å²) in [4.78, 5) is 1.29. The number of hydrazine groups is 1. The van der Waals surface area contributed by atoms with E-state index in [2.05, 4.69) is 24.0 Å². The molecule has 0 atom stereocenters. The summed E-state index contributed by atoms with van der Waals surface area (Å²) in [5.41, 5.74) is 7.08. The highest BCUT2D eigenvalue weighted by Crippen LogP contribution is 2.20. The van der Waals surface area contributed by atoms with Crippen LogP contribution >= 0.6 is 11.8 Å². The van der Waals surface area contributed by atoms with Gasteiger partial charge in [0.1, 0.15) is 0 Å². The first-order valence-electron chi connectivity index (χ1n) is 3.77. The molecule has 64 valence electrons. The standard InChI is InChI=1S/C6H10N2S.C2H6/c1-5-3-7-8-4-6(5)9-2;1-2/h3-4,7-8H,1-2H3;1-2H3. The van der Waals surface area contributed by atoms with Crippen molar-refractivity contribution in [2.45, 2.75) is 20.8 Å². The van der Waals surface area contributed by atoms with E-state index < -0.39 is 0 Å². The number of thioether (sulfide) groups is 1. The van der Waals surface area contributed by atoms with E-state index in [0.717, 1.165) is 0 Å². The summed E-state index contributed by atoms with van der Waals surface area (Å²) in [6, 6.07) is 0. The molecule has 1 aliphatic rings. The molecule has 0 aliphatic carbocycles. The van der Waals surface area contributed by atoms with E-state index in [1.165, 1.54) is 10.5 Å². The Kier molecular flexibility index (Phi) is 5.84. The average Bonchev–Trinajstić information content (AvgIpc) is 2.09. The third kappa shape index (κ3) is 3.37. The van der Waals surface area contributed by atoms with Crippen molar-refractivity contribution in [2.24, 2.45) is 0 Å². The fraction of sp³-hybridized carbons (Fsp3) is 0.500. The predicted molar refractivity (Wildman–Crippen MR) is 53.0 cm³/mol. The molecule has 2 nitrogen and oxygen atoms in total. The summed E-state index contributed by atoms with van der Waals surface area (Å²) < 4.78 is 0. The van der Waals surface area contributed by atoms with Crippen LogP contribution in [0, 0.1) is 0 Å². The second-order valence-corrected chi connectivity index (χ2v) is 2.68. The van der Waals surface area contributed by atoms with Gasteiger partial charge in [-0.1, -0.05) is 13.8 Å². The molecular formula is C8H16N2S. The normalized spacial score (nSPS) is 14.5. The van der Waals surface area contributed by atoms with Crippen LogP contribution in [0.3, 0.4) is 0 Å². The molecule has 1 heterocycles. The third-order valence-corrected chi connectivity index (χ3v) is 2.06. The van der Waals surface area contributed by atoms with Gasteiger partial charge in [-0.15, -0.1) is 11.8 Å². The maximum Gasteiger partial charge on any atom is 0.0317 e. The summed E-state index contributed by atoms with van der Waals surface area (Å²) in [5, 5.41) is 0. The van der Waals surface area contributed by atoms with Crippen molar-refractivity contribution in [3.63, 3.8) is 0 Å². The van der Waals surface area contributed by atoms with Crippen molar-refractivity contribution >= 4 is 11.8 Å². The molecule has 0 aromatic rings. The van der Waals surface area contributed by atoms with Crippen LogP contribution in [-0.2, 0) is 0 Å². The molecule has 0 radical (unpaired) electrons. The van der Waals surface area contributed by atoms with Crippen molar-refractivity contribution in [3.05, 3.63) is 22.9 Å². The summed E-state index contributed by atoms with van der Waals surface area (Å²) in [6.45, 7) is 6.08. The van der Waals surface area contributed by atoms with Gasteiger partial charge in [0.05, 0.1) is 0 Å². The molecule has 0 aromatic heterocycles. The molecule has 1 aliphatic heterocycles. The second kappa shape index (κ2) is 6.16. The van der Waals surface area contributed by atoms with Gasteiger partial charge in [0.2, 0.25) is 0 Å². The molecule has 3 heteroatoms. The first kappa shape index (κ1) is 10.4. The Morgan fingerprint density at radius 2 is 1.73 bits per heavy atom. The highest BCUT2D eigenvalue weighted by atomic mass is 32.2. The first-order chi connectivity index (χ1) is 5.34. The Bertz CT molecular complexity index is 161. The van der Waals surface area contributed by atoms with Crippen LogP contribution in [0.2, 0.25) is 0 Å². The van der Waals surface area contributed by atoms with Crippen LogP contribution in [0.1, 0.15) is 20.8 Å². The van der Waals surface area contributed by atoms with Crippen LogP contribution in [0.4, 0.5) is 0 Å². The first-order valence-corrected chi connectivity index (χ1v) is 4.99. The van der Waals surface area contributed by atoms with Gasteiger partial charge in [-0.2, -0.15) is 0 Å². The highest BCUT2D eigenvalue weighted by Gasteiger charge is 1.99. The van der Waals surface area contributed by atoms with Gasteiger partial charge >= 0.3 is 0 Å². The van der Waals surface area contributed by atoms with E-state index in [-0.39, 0.29) is 0 Å². The van der Waals surface area contributed by atoms with Gasteiger partial charge in [0.15, 0.2) is 0 Å². The highest BCUT2D eigenvalue weighted by molar-refractivity contribution is 8.02. The molecule has 0 unspecified atom stereocenters. The molecule has 2 N–H and O–H groups in total. The zero-order chi connectivity index (χ0) is 8.69. The van der Waals surface area contributed by atoms with E-state index in [0.29, 0.717) is 0 Å². The summed E-state index contributed by atoms with van der Waals surface area (Å²) >= 11 is 1.74. The lowest BCUT2D eigenvalue weighted by atomic mass is 10.3. The van der Waals surface area contributed by atoms with Crippen LogP contribution < -0.4 is 10.9 Å². The van der Waals surface area contributed by atoms with Crippen molar-refractivity contribution < 1.29 is 0 Å². The Labute approximate surface area is 73.1 Å². The van der Waals surface area contributed by atoms with Gasteiger partial charge in [0.25, 0.3) is 0 Å². The van der Waals surface area contributed by atoms with Gasteiger partial charge in [-0.05, 0) is 18.8 Å². The minimum atomic E-state index is 1.28. The van der Waals surface area contributed by atoms with Crippen LogP contribution in [0.15, 0.2) is 22.9 Å². The van der Waals surface area contributed by atoms with E-state index in [1.807, 2.05) is 26.2 Å². The number of rotatable bonds is 1. The summed E-state index contributed by atoms with van der Waals surface area (Å²) in [6.07, 6.45) is 5.97. The average molecular weight is 172 g/mol. The lowest BCUT2D eigenvalue weighted by Crippen LogP contribution is -2.24. The smallest absolute Gasteiger partial charge is 0.0317 e. The number of nitrogens with one attached hydrogen (secondary N) is 2. The molecule has 0 saturated carbocycles. The molecule has 1 rings (SSSR count). The van der Waals surface area contributed by atoms with Crippen LogP contribution in [-0.4, -0.2) is 6.26 Å². The molecule has 0 saturated heterocycles. The fourth-order valence-corrected chi connectivity index (χ4v) is 1.22. The Morgan fingerprint density at radius 3 is 2.09 bits per heavy atom. The Morgan fingerprint density at radius 1 is 1.18 bits per heavy atom. The second-order valence-electron chi connectivity index (χ2n) is 1.83. The lowest BCUT2D eigenvalue weighted by Gasteiger charge is -2.12. The Hall–Kier alpha value is -0.570. The lowest BCUT2D eigenvalue weighted by molar-refractivity contribution is 0.756. The largest absolute Gasteiger partial charge is 0.308 e. The Balaban J connectivity index is 0.000000461. The van der Waals surface area contributed by atoms with Crippen molar-refractivity contribution in [2.75, 3.05) is 6.26 Å². The maximum absolute atomic E-state index is 2.91. The van der Waals surface area contributed by atoms with Crippen molar-refractivity contribution in [1.82, 2.24) is 10.9 Å². The molecule has 0 aromatic carbocycles.